The van der Waals surface area contributed by atoms with E-state index >= 15 is 14.4 Å². The Labute approximate surface area is 301 Å². The van der Waals surface area contributed by atoms with Gasteiger partial charge in [0.05, 0.1) is 36.7 Å². The highest BCUT2D eigenvalue weighted by Crippen LogP contribution is 2.65. The van der Waals surface area contributed by atoms with Crippen LogP contribution in [0.25, 0.3) is 0 Å². The maximum atomic E-state index is 15.4. The quantitative estimate of drug-likeness (QED) is 0.199. The number of hydrogen-bond donors (Lipinski definition) is 1. The molecule has 2 bridgehead atoms. The van der Waals surface area contributed by atoms with E-state index in [9.17, 15) is 5.11 Å². The summed E-state index contributed by atoms with van der Waals surface area (Å²) in [6, 6.07) is 20.5. The Kier molecular flexibility index (Phi) is 10.2. The molecule has 3 heterocycles. The molecule has 3 aromatic rings. The highest BCUT2D eigenvalue weighted by atomic mass is 16.5. The molecule has 3 saturated heterocycles. The van der Waals surface area contributed by atoms with E-state index in [2.05, 4.69) is 13.2 Å². The molecule has 0 aliphatic carbocycles. The van der Waals surface area contributed by atoms with Gasteiger partial charge >= 0.3 is 0 Å². The van der Waals surface area contributed by atoms with Gasteiger partial charge in [0.15, 0.2) is 0 Å². The van der Waals surface area contributed by atoms with Crippen molar-refractivity contribution in [3.05, 3.63) is 115 Å². The van der Waals surface area contributed by atoms with E-state index in [-0.39, 0.29) is 30.8 Å². The molecule has 0 saturated carbocycles. The zero-order valence-corrected chi connectivity index (χ0v) is 30.1. The Balaban J connectivity index is 1.51. The number of para-hydroxylation sites is 1. The third kappa shape index (κ3) is 5.86. The smallest absolute Gasteiger partial charge is 0.253 e. The summed E-state index contributed by atoms with van der Waals surface area (Å²) < 4.78 is 12.8. The number of fused-ring (bicyclic) bond motifs is 1. The number of benzene rings is 3. The molecule has 2 unspecified atom stereocenters. The second kappa shape index (κ2) is 14.5. The molecule has 51 heavy (non-hydrogen) atoms. The molecule has 0 radical (unpaired) electrons. The normalized spacial score (nSPS) is 25.3. The van der Waals surface area contributed by atoms with Gasteiger partial charge in [-0.3, -0.25) is 14.4 Å². The average Bonchev–Trinajstić information content (AvgIpc) is 3.74. The van der Waals surface area contributed by atoms with Crippen LogP contribution in [0.4, 0.5) is 11.4 Å². The lowest BCUT2D eigenvalue weighted by Crippen LogP contribution is -2.57. The van der Waals surface area contributed by atoms with Gasteiger partial charge in [-0.1, -0.05) is 67.6 Å². The Bertz CT molecular complexity index is 1770. The van der Waals surface area contributed by atoms with E-state index in [0.717, 1.165) is 16.8 Å². The van der Waals surface area contributed by atoms with Crippen LogP contribution in [0, 0.1) is 25.7 Å². The van der Waals surface area contributed by atoms with Crippen LogP contribution in [0.15, 0.2) is 98.1 Å². The van der Waals surface area contributed by atoms with Crippen LogP contribution in [0.5, 0.6) is 5.75 Å². The molecule has 3 aliphatic rings. The van der Waals surface area contributed by atoms with Gasteiger partial charge in [-0.2, -0.15) is 0 Å². The van der Waals surface area contributed by atoms with Crippen LogP contribution in [0.3, 0.4) is 0 Å². The Morgan fingerprint density at radius 2 is 1.59 bits per heavy atom. The highest BCUT2D eigenvalue weighted by Gasteiger charge is 2.79. The van der Waals surface area contributed by atoms with Crippen molar-refractivity contribution in [2.45, 2.75) is 70.2 Å². The summed E-state index contributed by atoms with van der Waals surface area (Å²) in [5, 5.41) is 11.0. The van der Waals surface area contributed by atoms with Crippen LogP contribution in [-0.2, 0) is 19.1 Å². The van der Waals surface area contributed by atoms with Gasteiger partial charge < -0.3 is 29.3 Å². The number of anilines is 2. The summed E-state index contributed by atoms with van der Waals surface area (Å²) in [7, 11) is 0. The summed E-state index contributed by atoms with van der Waals surface area (Å²) in [6.45, 7) is 16.2. The minimum absolute atomic E-state index is 0.199. The number of hydrogen-bond acceptors (Lipinski definition) is 6. The number of amides is 3. The third-order valence-electron chi connectivity index (χ3n) is 11.1. The van der Waals surface area contributed by atoms with Gasteiger partial charge in [0.25, 0.3) is 5.91 Å². The van der Waals surface area contributed by atoms with Crippen molar-refractivity contribution < 1.29 is 29.0 Å². The number of aryl methyl sites for hydroxylation is 2. The molecule has 1 spiro atoms. The van der Waals surface area contributed by atoms with Crippen LogP contribution in [0.1, 0.15) is 55.8 Å². The van der Waals surface area contributed by atoms with Gasteiger partial charge in [-0.15, -0.1) is 13.2 Å². The Morgan fingerprint density at radius 1 is 0.941 bits per heavy atom. The largest absolute Gasteiger partial charge is 0.494 e. The van der Waals surface area contributed by atoms with Gasteiger partial charge in [0, 0.05) is 24.5 Å². The Hall–Kier alpha value is -4.73. The van der Waals surface area contributed by atoms with E-state index in [1.165, 1.54) is 4.90 Å². The first-order valence-corrected chi connectivity index (χ1v) is 17.9. The predicted molar refractivity (Wildman–Crippen MR) is 199 cm³/mol. The van der Waals surface area contributed by atoms with Crippen molar-refractivity contribution in [2.75, 3.05) is 36.1 Å². The van der Waals surface area contributed by atoms with Crippen LogP contribution < -0.4 is 14.5 Å². The molecule has 3 aliphatic heterocycles. The lowest BCUT2D eigenvalue weighted by atomic mass is 9.64. The van der Waals surface area contributed by atoms with Crippen LogP contribution >= 0.6 is 0 Å². The first kappa shape index (κ1) is 36.1. The number of carbonyl (C=O) groups is 3. The third-order valence-corrected chi connectivity index (χ3v) is 11.1. The number of carbonyl (C=O) groups excluding carboxylic acids is 3. The van der Waals surface area contributed by atoms with Gasteiger partial charge in [-0.05, 0) is 81.0 Å². The molecule has 3 fully saturated rings. The van der Waals surface area contributed by atoms with Crippen molar-refractivity contribution in [1.29, 1.82) is 0 Å². The molecular weight excluding hydrogens is 642 g/mol. The lowest BCUT2D eigenvalue weighted by Gasteiger charge is -2.40. The molecule has 1 N–H and O–H groups in total. The number of aliphatic hydroxyl groups excluding tert-OH is 1. The minimum Gasteiger partial charge on any atom is -0.494 e. The number of likely N-dealkylation sites (tertiary alicyclic amines) is 1. The summed E-state index contributed by atoms with van der Waals surface area (Å²) in [4.78, 5) is 50.6. The second-order valence-corrected chi connectivity index (χ2v) is 13.8. The molecule has 3 amide bonds. The predicted octanol–water partition coefficient (Wildman–Crippen LogP) is 6.33. The lowest BCUT2D eigenvalue weighted by molar-refractivity contribution is -0.149. The molecule has 3 aromatic carbocycles. The second-order valence-electron chi connectivity index (χ2n) is 13.8. The highest BCUT2D eigenvalue weighted by molar-refractivity contribution is 6.07. The number of aliphatic hydroxyl groups is 1. The summed E-state index contributed by atoms with van der Waals surface area (Å²) in [5.74, 6) is -2.09. The van der Waals surface area contributed by atoms with E-state index in [4.69, 9.17) is 9.47 Å². The van der Waals surface area contributed by atoms with Crippen LogP contribution in [-0.4, -0.2) is 71.3 Å². The number of nitrogens with zero attached hydrogens (tertiary/aromatic N) is 3. The zero-order chi connectivity index (χ0) is 36.5. The molecule has 6 rings (SSSR count). The maximum Gasteiger partial charge on any atom is 0.253 e. The zero-order valence-electron chi connectivity index (χ0n) is 30.1. The SMILES string of the molecule is C=CCN(C(=O)[C@@H]1[C@H]2C(=O)N([C@H](CO)c3ccccc3)C(C(=O)N(CC=C)c3c(C)cccc3C)C23CC[C@@]1(CC)O3)c1ccc(OCC)cc1. The Morgan fingerprint density at radius 3 is 2.18 bits per heavy atom. The van der Waals surface area contributed by atoms with Crippen molar-refractivity contribution in [2.24, 2.45) is 11.8 Å². The molecular formula is C42H49N3O6. The fraction of sp³-hybridized carbons (Fsp3) is 0.405. The molecule has 9 nitrogen and oxygen atoms in total. The first-order valence-electron chi connectivity index (χ1n) is 17.9. The summed E-state index contributed by atoms with van der Waals surface area (Å²) in [6.07, 6.45) is 4.75. The van der Waals surface area contributed by atoms with E-state index in [1.807, 2.05) is 100 Å². The minimum atomic E-state index is -1.30. The van der Waals surface area contributed by atoms with Gasteiger partial charge in [0.2, 0.25) is 11.8 Å². The van der Waals surface area contributed by atoms with Crippen molar-refractivity contribution in [3.8, 4) is 5.75 Å². The fourth-order valence-electron chi connectivity index (χ4n) is 8.98. The molecule has 268 valence electrons. The molecule has 0 aromatic heterocycles. The van der Waals surface area contributed by atoms with Crippen molar-refractivity contribution in [1.82, 2.24) is 4.90 Å². The fourth-order valence-corrected chi connectivity index (χ4v) is 8.98. The summed E-state index contributed by atoms with van der Waals surface area (Å²) in [5.41, 5.74) is 1.62. The number of rotatable bonds is 14. The topological polar surface area (TPSA) is 99.6 Å². The monoisotopic (exact) mass is 691 g/mol. The number of ether oxygens (including phenoxy) is 2. The van der Waals surface area contributed by atoms with E-state index in [0.29, 0.717) is 42.9 Å². The van der Waals surface area contributed by atoms with Crippen molar-refractivity contribution >= 4 is 29.1 Å². The van der Waals surface area contributed by atoms with Crippen LogP contribution in [0.2, 0.25) is 0 Å². The molecule has 9 heteroatoms. The standard InChI is InChI=1S/C42H49N3O6/c1-7-25-43(31-19-21-32(22-20-31)50-10-4)38(47)34-35-39(48)45(33(27-46)30-17-12-11-13-18-30)37(42(35)24-23-41(34,9-3)51-42)40(49)44(26-8-2)36-28(5)15-14-16-29(36)6/h7-8,11-22,33-35,37,46H,1-2,9-10,23-27H2,3-6H3/t33-,34+,35+,37?,41-,42?/m1/s1. The first-order chi connectivity index (χ1) is 24.6. The average molecular weight is 692 g/mol. The molecule has 6 atom stereocenters. The van der Waals surface area contributed by atoms with Gasteiger partial charge in [-0.25, -0.2) is 0 Å². The maximum absolute atomic E-state index is 15.4. The van der Waals surface area contributed by atoms with Crippen molar-refractivity contribution in [3.63, 3.8) is 0 Å². The van der Waals surface area contributed by atoms with Gasteiger partial charge in [0.1, 0.15) is 17.4 Å². The summed E-state index contributed by atoms with van der Waals surface area (Å²) >= 11 is 0. The van der Waals surface area contributed by atoms with E-state index < -0.39 is 41.7 Å². The van der Waals surface area contributed by atoms with E-state index in [1.54, 1.807) is 22.0 Å².